The van der Waals surface area contributed by atoms with Crippen molar-refractivity contribution in [2.24, 2.45) is 0 Å². The molecule has 0 aliphatic carbocycles. The van der Waals surface area contributed by atoms with Crippen LogP contribution in [0, 0.1) is 10.1 Å². The fourth-order valence-corrected chi connectivity index (χ4v) is 0. The third-order valence-electron chi connectivity index (χ3n) is 0. The quantitative estimate of drug-likeness (QED) is 0.240. The third kappa shape index (κ3) is 2170. The van der Waals surface area contributed by atoms with Crippen LogP contribution in [-0.4, -0.2) is 32.2 Å². The first-order valence-electron chi connectivity index (χ1n) is 0.565. The van der Waals surface area contributed by atoms with Crippen molar-refractivity contribution in [3.8, 4) is 0 Å². The van der Waals surface area contributed by atoms with E-state index < -0.39 is 5.09 Å². The molecule has 0 aromatic heterocycles. The number of hydrogen-bond donors (Lipinski definition) is 1. The maximum Gasteiger partial charge on any atom is 0.291 e. The SMILES string of the molecule is O.O.O.O.O=[N+]([O-])O.[Zn]. The van der Waals surface area contributed by atoms with Gasteiger partial charge in [-0.15, -0.1) is 10.1 Å². The van der Waals surface area contributed by atoms with E-state index in [0.29, 0.717) is 0 Å². The second-order valence-corrected chi connectivity index (χ2v) is 0.238. The molecule has 0 fully saturated rings. The fraction of sp³-hybridized carbons (Fsp3) is 0. The van der Waals surface area contributed by atoms with Crippen molar-refractivity contribution in [2.45, 2.75) is 0 Å². The Bertz CT molecular complexity index is 31.9. The van der Waals surface area contributed by atoms with Crippen molar-refractivity contribution in [1.82, 2.24) is 0 Å². The molecule has 9 heavy (non-hydrogen) atoms. The van der Waals surface area contributed by atoms with Crippen LogP contribution >= 0.6 is 0 Å². The Labute approximate surface area is 62.6 Å². The molecule has 0 aliphatic rings. The molecule has 0 saturated heterocycles. The molecule has 0 atom stereocenters. The van der Waals surface area contributed by atoms with Crippen LogP contribution in [0.3, 0.4) is 0 Å². The Morgan fingerprint density at radius 1 is 1.11 bits per heavy atom. The van der Waals surface area contributed by atoms with Gasteiger partial charge < -0.3 is 27.1 Å². The minimum Gasteiger partial charge on any atom is -0.412 e. The predicted molar refractivity (Wildman–Crippen MR) is 23.2 cm³/mol. The van der Waals surface area contributed by atoms with Gasteiger partial charge in [0.05, 0.1) is 0 Å². The van der Waals surface area contributed by atoms with Gasteiger partial charge >= 0.3 is 0 Å². The Kier molecular flexibility index (Phi) is 382. The monoisotopic (exact) mass is 199 g/mol. The normalized spacial score (nSPS) is 2.67. The Hall–Kier alpha value is -0.337. The van der Waals surface area contributed by atoms with Crippen molar-refractivity contribution in [3.05, 3.63) is 10.1 Å². The van der Waals surface area contributed by atoms with E-state index in [4.69, 9.17) is 15.3 Å². The van der Waals surface area contributed by atoms with Crippen LogP contribution in [0.2, 0.25) is 0 Å². The van der Waals surface area contributed by atoms with E-state index in [9.17, 15) is 0 Å². The van der Waals surface area contributed by atoms with Gasteiger partial charge in [0.2, 0.25) is 0 Å². The van der Waals surface area contributed by atoms with E-state index >= 15 is 0 Å². The predicted octanol–water partition coefficient (Wildman–Crippen LogP) is -3.65. The van der Waals surface area contributed by atoms with E-state index in [1.165, 1.54) is 0 Å². The summed E-state index contributed by atoms with van der Waals surface area (Å²) in [6.07, 6.45) is 0. The molecule has 0 aromatic carbocycles. The van der Waals surface area contributed by atoms with Crippen LogP contribution in [0.25, 0.3) is 0 Å². The number of nitrogens with zero attached hydrogens (tertiary/aromatic N) is 1. The van der Waals surface area contributed by atoms with Crippen molar-refractivity contribution in [1.29, 1.82) is 0 Å². The average molecular weight is 200 g/mol. The zero-order valence-electron chi connectivity index (χ0n) is 4.42. The molecule has 9 heteroatoms. The smallest absolute Gasteiger partial charge is 0.291 e. The molecule has 0 amide bonds. The molecule has 0 aliphatic heterocycles. The Morgan fingerprint density at radius 3 is 1.11 bits per heavy atom. The zero-order chi connectivity index (χ0) is 3.58. The topological polar surface area (TPSA) is 189 Å². The summed E-state index contributed by atoms with van der Waals surface area (Å²) in [4.78, 5) is 8.36. The molecule has 0 spiro atoms. The molecule has 0 radical (unpaired) electrons. The standard InChI is InChI=1S/HNO3.4H2O.Zn/c2-1(3)4;;;;;/h(H,2,3,4);4*1H2;. The van der Waals surface area contributed by atoms with Crippen LogP contribution in [0.5, 0.6) is 0 Å². The van der Waals surface area contributed by atoms with Gasteiger partial charge in [-0.2, -0.15) is 0 Å². The van der Waals surface area contributed by atoms with Crippen LogP contribution in [0.15, 0.2) is 0 Å². The maximum absolute atomic E-state index is 8.36. The first-order chi connectivity index (χ1) is 1.73. The van der Waals surface area contributed by atoms with E-state index in [-0.39, 0.29) is 41.4 Å². The molecule has 9 N–H and O–H groups in total. The van der Waals surface area contributed by atoms with Gasteiger partial charge in [0, 0.05) is 19.5 Å². The van der Waals surface area contributed by atoms with Crippen LogP contribution in [-0.2, 0) is 19.5 Å². The first-order valence-corrected chi connectivity index (χ1v) is 0.565. The summed E-state index contributed by atoms with van der Waals surface area (Å²) in [6.45, 7) is 0. The minimum absolute atomic E-state index is 0. The van der Waals surface area contributed by atoms with Gasteiger partial charge in [0.15, 0.2) is 0 Å². The molecule has 0 heterocycles. The van der Waals surface area contributed by atoms with Crippen molar-refractivity contribution >= 4 is 0 Å². The van der Waals surface area contributed by atoms with Crippen molar-refractivity contribution in [2.75, 3.05) is 0 Å². The van der Waals surface area contributed by atoms with E-state index in [2.05, 4.69) is 0 Å². The van der Waals surface area contributed by atoms with Crippen LogP contribution < -0.4 is 0 Å². The largest absolute Gasteiger partial charge is 0.412 e. The number of hydrogen-bond acceptors (Lipinski definition) is 2. The van der Waals surface area contributed by atoms with E-state index in [1.807, 2.05) is 0 Å². The molecule has 0 rings (SSSR count). The van der Waals surface area contributed by atoms with Crippen LogP contribution in [0.1, 0.15) is 0 Å². The summed E-state index contributed by atoms with van der Waals surface area (Å²) < 4.78 is 0. The molecular weight excluding hydrogens is 191 g/mol. The zero-order valence-corrected chi connectivity index (χ0v) is 7.39. The summed E-state index contributed by atoms with van der Waals surface area (Å²) in [5.41, 5.74) is 0. The summed E-state index contributed by atoms with van der Waals surface area (Å²) in [5.74, 6) is 0. The maximum atomic E-state index is 8.36. The molecule has 0 bridgehead atoms. The minimum atomic E-state index is -1.50. The summed E-state index contributed by atoms with van der Waals surface area (Å²) >= 11 is 0. The average Bonchev–Trinajstić information content (AvgIpc) is 0.811. The molecular formula is H9NO7Zn. The van der Waals surface area contributed by atoms with Gasteiger partial charge in [-0.25, -0.2) is 0 Å². The second kappa shape index (κ2) is 48.0. The first kappa shape index (κ1) is 71.7. The molecule has 58 valence electrons. The van der Waals surface area contributed by atoms with Crippen LogP contribution in [0.4, 0.5) is 0 Å². The summed E-state index contributed by atoms with van der Waals surface area (Å²) in [5, 5.41) is 13.6. The molecule has 0 unspecified atom stereocenters. The van der Waals surface area contributed by atoms with Crippen molar-refractivity contribution < 1.29 is 51.7 Å². The van der Waals surface area contributed by atoms with Gasteiger partial charge in [-0.1, -0.05) is 0 Å². The fourth-order valence-electron chi connectivity index (χ4n) is 0. The van der Waals surface area contributed by atoms with Gasteiger partial charge in [0.25, 0.3) is 5.09 Å². The Morgan fingerprint density at radius 2 is 1.11 bits per heavy atom. The molecule has 8 nitrogen and oxygen atoms in total. The van der Waals surface area contributed by atoms with E-state index in [0.717, 1.165) is 0 Å². The summed E-state index contributed by atoms with van der Waals surface area (Å²) in [7, 11) is 0. The van der Waals surface area contributed by atoms with Gasteiger partial charge in [-0.05, 0) is 0 Å². The number of rotatable bonds is 0. The van der Waals surface area contributed by atoms with Gasteiger partial charge in [0.1, 0.15) is 0 Å². The Balaban J connectivity index is -0.00000000450. The van der Waals surface area contributed by atoms with Crippen molar-refractivity contribution in [3.63, 3.8) is 0 Å². The molecule has 0 saturated carbocycles. The molecule has 0 aromatic rings. The third-order valence-corrected chi connectivity index (χ3v) is 0. The summed E-state index contributed by atoms with van der Waals surface area (Å²) in [6, 6.07) is 0. The van der Waals surface area contributed by atoms with E-state index in [1.54, 1.807) is 0 Å². The van der Waals surface area contributed by atoms with Gasteiger partial charge in [-0.3, -0.25) is 0 Å². The second-order valence-electron chi connectivity index (χ2n) is 0.238.